The molecule has 0 aromatic rings. The van der Waals surface area contributed by atoms with Gasteiger partial charge in [0.1, 0.15) is 0 Å². The van der Waals surface area contributed by atoms with Gasteiger partial charge in [-0.25, -0.2) is 0 Å². The summed E-state index contributed by atoms with van der Waals surface area (Å²) < 4.78 is 0. The van der Waals surface area contributed by atoms with Crippen LogP contribution in [0.15, 0.2) is 12.2 Å². The lowest BCUT2D eigenvalue weighted by Crippen LogP contribution is -2.04. The molecule has 9 heavy (non-hydrogen) atoms. The Hall–Kier alpha value is -0.260. The molecule has 0 spiro atoms. The van der Waals surface area contributed by atoms with Crippen LogP contribution in [0.5, 0.6) is 0 Å². The summed E-state index contributed by atoms with van der Waals surface area (Å²) in [7, 11) is 0. The maximum absolute atomic E-state index is 2.36. The zero-order valence-electron chi connectivity index (χ0n) is 6.48. The van der Waals surface area contributed by atoms with E-state index in [0.717, 1.165) is 0 Å². The van der Waals surface area contributed by atoms with Crippen LogP contribution in [0.1, 0.15) is 39.5 Å². The molecular weight excluding hydrogens is 108 g/mol. The summed E-state index contributed by atoms with van der Waals surface area (Å²) in [5.41, 5.74) is 0.564. The molecule has 0 heterocycles. The molecule has 0 atom stereocenters. The van der Waals surface area contributed by atoms with Crippen molar-refractivity contribution >= 4 is 0 Å². The van der Waals surface area contributed by atoms with E-state index in [2.05, 4.69) is 26.0 Å². The SMILES string of the molecule is C/C=C\C1(C)CCCC1. The lowest BCUT2D eigenvalue weighted by atomic mass is 9.89. The van der Waals surface area contributed by atoms with E-state index in [9.17, 15) is 0 Å². The van der Waals surface area contributed by atoms with Crippen molar-refractivity contribution in [1.82, 2.24) is 0 Å². The number of hydrogen-bond donors (Lipinski definition) is 0. The van der Waals surface area contributed by atoms with E-state index in [1.54, 1.807) is 0 Å². The molecule has 0 unspecified atom stereocenters. The van der Waals surface area contributed by atoms with Crippen LogP contribution in [0.2, 0.25) is 0 Å². The maximum Gasteiger partial charge on any atom is -0.0147 e. The standard InChI is InChI=1S/C9H16/c1-3-6-9(2)7-4-5-8-9/h3,6H,4-5,7-8H2,1-2H3/b6-3-. The Morgan fingerprint density at radius 2 is 1.78 bits per heavy atom. The van der Waals surface area contributed by atoms with Crippen LogP contribution < -0.4 is 0 Å². The van der Waals surface area contributed by atoms with Gasteiger partial charge in [-0.05, 0) is 25.2 Å². The summed E-state index contributed by atoms with van der Waals surface area (Å²) in [6.07, 6.45) is 10.2. The van der Waals surface area contributed by atoms with Crippen LogP contribution in [-0.2, 0) is 0 Å². The lowest BCUT2D eigenvalue weighted by Gasteiger charge is -2.16. The van der Waals surface area contributed by atoms with Crippen molar-refractivity contribution in [3.63, 3.8) is 0 Å². The Balaban J connectivity index is 2.51. The van der Waals surface area contributed by atoms with Crippen molar-refractivity contribution in [2.75, 3.05) is 0 Å². The van der Waals surface area contributed by atoms with Gasteiger partial charge in [0.2, 0.25) is 0 Å². The van der Waals surface area contributed by atoms with E-state index in [-0.39, 0.29) is 0 Å². The van der Waals surface area contributed by atoms with Gasteiger partial charge in [0.25, 0.3) is 0 Å². The van der Waals surface area contributed by atoms with Gasteiger partial charge < -0.3 is 0 Å². The van der Waals surface area contributed by atoms with Gasteiger partial charge >= 0.3 is 0 Å². The average Bonchev–Trinajstić information content (AvgIpc) is 2.16. The normalized spacial score (nSPS) is 25.6. The smallest absolute Gasteiger partial charge is 0.0147 e. The van der Waals surface area contributed by atoms with Crippen LogP contribution in [0, 0.1) is 5.41 Å². The van der Waals surface area contributed by atoms with Gasteiger partial charge in [0.15, 0.2) is 0 Å². The zero-order valence-corrected chi connectivity index (χ0v) is 6.48. The zero-order chi connectivity index (χ0) is 6.74. The van der Waals surface area contributed by atoms with Crippen molar-refractivity contribution in [2.45, 2.75) is 39.5 Å². The monoisotopic (exact) mass is 124 g/mol. The predicted molar refractivity (Wildman–Crippen MR) is 41.4 cm³/mol. The van der Waals surface area contributed by atoms with Crippen LogP contribution >= 0.6 is 0 Å². The molecule has 0 aromatic carbocycles. The minimum atomic E-state index is 0.564. The fourth-order valence-corrected chi connectivity index (χ4v) is 1.75. The highest BCUT2D eigenvalue weighted by Gasteiger charge is 2.24. The average molecular weight is 124 g/mol. The Morgan fingerprint density at radius 1 is 1.22 bits per heavy atom. The lowest BCUT2D eigenvalue weighted by molar-refractivity contribution is 0.446. The van der Waals surface area contributed by atoms with Crippen LogP contribution in [0.25, 0.3) is 0 Å². The number of rotatable bonds is 1. The Morgan fingerprint density at radius 3 is 2.22 bits per heavy atom. The molecule has 1 rings (SSSR count). The second kappa shape index (κ2) is 2.55. The summed E-state index contributed by atoms with van der Waals surface area (Å²) in [6.45, 7) is 4.48. The fraction of sp³-hybridized carbons (Fsp3) is 0.778. The second-order valence-electron chi connectivity index (χ2n) is 3.36. The first-order valence-electron chi connectivity index (χ1n) is 3.91. The third kappa shape index (κ3) is 1.57. The van der Waals surface area contributed by atoms with Crippen molar-refractivity contribution < 1.29 is 0 Å². The molecule has 0 aromatic heterocycles. The molecule has 1 aliphatic rings. The highest BCUT2D eigenvalue weighted by atomic mass is 14.3. The topological polar surface area (TPSA) is 0 Å². The molecule has 1 fully saturated rings. The quantitative estimate of drug-likeness (QED) is 0.471. The first-order chi connectivity index (χ1) is 4.27. The van der Waals surface area contributed by atoms with Crippen molar-refractivity contribution in [1.29, 1.82) is 0 Å². The van der Waals surface area contributed by atoms with Gasteiger partial charge in [-0.3, -0.25) is 0 Å². The molecule has 52 valence electrons. The Bertz CT molecular complexity index is 105. The van der Waals surface area contributed by atoms with Gasteiger partial charge in [0.05, 0.1) is 0 Å². The van der Waals surface area contributed by atoms with Gasteiger partial charge in [-0.2, -0.15) is 0 Å². The Kier molecular flexibility index (Phi) is 1.94. The predicted octanol–water partition coefficient (Wildman–Crippen LogP) is 3.14. The van der Waals surface area contributed by atoms with E-state index in [1.807, 2.05) is 0 Å². The molecule has 0 amide bonds. The third-order valence-corrected chi connectivity index (χ3v) is 2.31. The maximum atomic E-state index is 2.36. The summed E-state index contributed by atoms with van der Waals surface area (Å²) in [4.78, 5) is 0. The van der Waals surface area contributed by atoms with E-state index in [4.69, 9.17) is 0 Å². The molecule has 0 saturated heterocycles. The van der Waals surface area contributed by atoms with E-state index < -0.39 is 0 Å². The molecule has 1 saturated carbocycles. The van der Waals surface area contributed by atoms with Crippen molar-refractivity contribution in [2.24, 2.45) is 5.41 Å². The van der Waals surface area contributed by atoms with Gasteiger partial charge in [-0.1, -0.05) is 31.9 Å². The van der Waals surface area contributed by atoms with Gasteiger partial charge in [0, 0.05) is 0 Å². The number of hydrogen-bond acceptors (Lipinski definition) is 0. The van der Waals surface area contributed by atoms with Crippen LogP contribution in [-0.4, -0.2) is 0 Å². The third-order valence-electron chi connectivity index (χ3n) is 2.31. The molecule has 0 nitrogen and oxygen atoms in total. The molecule has 0 radical (unpaired) electrons. The fourth-order valence-electron chi connectivity index (χ4n) is 1.75. The summed E-state index contributed by atoms with van der Waals surface area (Å²) in [6, 6.07) is 0. The van der Waals surface area contributed by atoms with E-state index in [0.29, 0.717) is 5.41 Å². The number of allylic oxidation sites excluding steroid dienone is 2. The second-order valence-corrected chi connectivity index (χ2v) is 3.36. The summed E-state index contributed by atoms with van der Waals surface area (Å²) in [5, 5.41) is 0. The first-order valence-corrected chi connectivity index (χ1v) is 3.91. The molecule has 0 N–H and O–H groups in total. The first kappa shape index (κ1) is 6.85. The Labute approximate surface area is 58.0 Å². The molecule has 1 aliphatic carbocycles. The molecule has 0 aliphatic heterocycles. The van der Waals surface area contributed by atoms with Crippen LogP contribution in [0.3, 0.4) is 0 Å². The van der Waals surface area contributed by atoms with Gasteiger partial charge in [-0.15, -0.1) is 0 Å². The minimum Gasteiger partial charge on any atom is -0.0911 e. The largest absolute Gasteiger partial charge is 0.0911 e. The van der Waals surface area contributed by atoms with Crippen LogP contribution in [0.4, 0.5) is 0 Å². The summed E-state index contributed by atoms with van der Waals surface area (Å²) >= 11 is 0. The minimum absolute atomic E-state index is 0.564. The highest BCUT2D eigenvalue weighted by Crippen LogP contribution is 2.38. The van der Waals surface area contributed by atoms with E-state index in [1.165, 1.54) is 25.7 Å². The molecule has 0 heteroatoms. The molecular formula is C9H16. The summed E-state index contributed by atoms with van der Waals surface area (Å²) in [5.74, 6) is 0. The highest BCUT2D eigenvalue weighted by molar-refractivity contribution is 4.98. The molecule has 0 bridgehead atoms. The van der Waals surface area contributed by atoms with Crippen molar-refractivity contribution in [3.05, 3.63) is 12.2 Å². The van der Waals surface area contributed by atoms with E-state index >= 15 is 0 Å². The van der Waals surface area contributed by atoms with Crippen molar-refractivity contribution in [3.8, 4) is 0 Å².